The molecule has 88 valence electrons. The molecular formula is C10H16N4O2. The van der Waals surface area contributed by atoms with Crippen molar-refractivity contribution in [2.24, 2.45) is 0 Å². The smallest absolute Gasteiger partial charge is 0.222 e. The minimum absolute atomic E-state index is 0.0743. The molecule has 1 unspecified atom stereocenters. The fourth-order valence-corrected chi connectivity index (χ4v) is 1.55. The summed E-state index contributed by atoms with van der Waals surface area (Å²) in [5.41, 5.74) is 6.39. The van der Waals surface area contributed by atoms with Gasteiger partial charge in [-0.1, -0.05) is 0 Å². The molecule has 1 saturated heterocycles. The van der Waals surface area contributed by atoms with Gasteiger partial charge in [0.1, 0.15) is 5.82 Å². The quantitative estimate of drug-likeness (QED) is 0.763. The van der Waals surface area contributed by atoms with E-state index >= 15 is 0 Å². The molecule has 1 aromatic rings. The van der Waals surface area contributed by atoms with Crippen LogP contribution in [0.2, 0.25) is 0 Å². The largest absolute Gasteiger partial charge is 0.376 e. The predicted octanol–water partition coefficient (Wildman–Crippen LogP) is 0.195. The molecule has 1 aromatic heterocycles. The second-order valence-corrected chi connectivity index (χ2v) is 3.70. The summed E-state index contributed by atoms with van der Waals surface area (Å²) in [7, 11) is 0. The molecule has 1 aliphatic rings. The number of hydrogen-bond acceptors (Lipinski definition) is 6. The van der Waals surface area contributed by atoms with Gasteiger partial charge in [-0.2, -0.15) is 4.98 Å². The molecule has 0 radical (unpaired) electrons. The van der Waals surface area contributed by atoms with Gasteiger partial charge in [0.05, 0.1) is 25.9 Å². The Balaban J connectivity index is 1.88. The number of nitrogens with two attached hydrogens (primary N) is 1. The molecule has 0 bridgehead atoms. The number of aryl methyl sites for hydroxylation is 1. The Kier molecular flexibility index (Phi) is 3.53. The molecule has 0 saturated carbocycles. The summed E-state index contributed by atoms with van der Waals surface area (Å²) in [6, 6.07) is 1.85. The van der Waals surface area contributed by atoms with E-state index < -0.39 is 0 Å². The van der Waals surface area contributed by atoms with Gasteiger partial charge in [0.15, 0.2) is 0 Å². The van der Waals surface area contributed by atoms with Crippen molar-refractivity contribution in [2.45, 2.75) is 13.0 Å². The number of nitrogens with zero attached hydrogens (tertiary/aromatic N) is 2. The zero-order valence-electron chi connectivity index (χ0n) is 9.27. The predicted molar refractivity (Wildman–Crippen MR) is 60.2 cm³/mol. The first-order valence-corrected chi connectivity index (χ1v) is 5.28. The number of rotatable bonds is 3. The second-order valence-electron chi connectivity index (χ2n) is 3.70. The summed E-state index contributed by atoms with van der Waals surface area (Å²) < 4.78 is 10.8. The first kappa shape index (κ1) is 11.1. The first-order valence-electron chi connectivity index (χ1n) is 5.28. The zero-order chi connectivity index (χ0) is 11.4. The average molecular weight is 224 g/mol. The Morgan fingerprint density at radius 1 is 1.50 bits per heavy atom. The summed E-state index contributed by atoms with van der Waals surface area (Å²) in [6.45, 7) is 4.49. The van der Waals surface area contributed by atoms with Crippen LogP contribution in [0.4, 0.5) is 11.8 Å². The maximum Gasteiger partial charge on any atom is 0.222 e. The highest BCUT2D eigenvalue weighted by Gasteiger charge is 2.14. The zero-order valence-corrected chi connectivity index (χ0v) is 9.27. The third-order valence-electron chi connectivity index (χ3n) is 2.27. The fourth-order valence-electron chi connectivity index (χ4n) is 1.55. The van der Waals surface area contributed by atoms with E-state index in [2.05, 4.69) is 15.3 Å². The van der Waals surface area contributed by atoms with Crippen LogP contribution in [-0.4, -0.2) is 42.4 Å². The Bertz CT molecular complexity index is 332. The fraction of sp³-hybridized carbons (Fsp3) is 0.600. The van der Waals surface area contributed by atoms with Crippen molar-refractivity contribution in [1.29, 1.82) is 0 Å². The van der Waals surface area contributed by atoms with Crippen molar-refractivity contribution in [3.63, 3.8) is 0 Å². The van der Waals surface area contributed by atoms with E-state index in [9.17, 15) is 0 Å². The molecule has 1 atom stereocenters. The summed E-state index contributed by atoms with van der Waals surface area (Å²) >= 11 is 0. The van der Waals surface area contributed by atoms with E-state index in [-0.39, 0.29) is 12.1 Å². The molecule has 2 heterocycles. The highest BCUT2D eigenvalue weighted by atomic mass is 16.6. The summed E-state index contributed by atoms with van der Waals surface area (Å²) in [4.78, 5) is 8.08. The standard InChI is InChI=1S/C10H16N4O2/c1-7-4-9(14-10(11)13-7)12-5-8-6-15-2-3-16-8/h4,8H,2-3,5-6H2,1H3,(H3,11,12,13,14). The summed E-state index contributed by atoms with van der Waals surface area (Å²) in [5.74, 6) is 1.00. The SMILES string of the molecule is Cc1cc(NCC2COCCO2)nc(N)n1. The van der Waals surface area contributed by atoms with Crippen molar-refractivity contribution in [1.82, 2.24) is 9.97 Å². The lowest BCUT2D eigenvalue weighted by Crippen LogP contribution is -2.34. The minimum Gasteiger partial charge on any atom is -0.376 e. The average Bonchev–Trinajstić information content (AvgIpc) is 2.27. The number of ether oxygens (including phenoxy) is 2. The maximum absolute atomic E-state index is 5.55. The molecule has 0 aromatic carbocycles. The van der Waals surface area contributed by atoms with Crippen LogP contribution in [0.3, 0.4) is 0 Å². The van der Waals surface area contributed by atoms with Gasteiger partial charge in [-0.3, -0.25) is 0 Å². The molecule has 16 heavy (non-hydrogen) atoms. The third-order valence-corrected chi connectivity index (χ3v) is 2.27. The van der Waals surface area contributed by atoms with Gasteiger partial charge in [-0.15, -0.1) is 0 Å². The van der Waals surface area contributed by atoms with E-state index in [4.69, 9.17) is 15.2 Å². The highest BCUT2D eigenvalue weighted by molar-refractivity contribution is 5.40. The Labute approximate surface area is 94.2 Å². The van der Waals surface area contributed by atoms with Crippen molar-refractivity contribution in [2.75, 3.05) is 37.4 Å². The van der Waals surface area contributed by atoms with Crippen molar-refractivity contribution >= 4 is 11.8 Å². The third kappa shape index (κ3) is 3.04. The van der Waals surface area contributed by atoms with Gasteiger partial charge < -0.3 is 20.5 Å². The van der Waals surface area contributed by atoms with Gasteiger partial charge in [-0.25, -0.2) is 4.98 Å². The van der Waals surface area contributed by atoms with Crippen LogP contribution in [0.25, 0.3) is 0 Å². The Morgan fingerprint density at radius 3 is 3.06 bits per heavy atom. The molecule has 6 nitrogen and oxygen atoms in total. The van der Waals surface area contributed by atoms with Crippen LogP contribution in [0.1, 0.15) is 5.69 Å². The minimum atomic E-state index is 0.0743. The van der Waals surface area contributed by atoms with E-state index in [1.165, 1.54) is 0 Å². The number of aromatic nitrogens is 2. The van der Waals surface area contributed by atoms with Crippen LogP contribution in [0, 0.1) is 6.92 Å². The molecule has 0 amide bonds. The molecule has 1 fully saturated rings. The van der Waals surface area contributed by atoms with E-state index in [1.807, 2.05) is 13.0 Å². The molecule has 0 spiro atoms. The number of nitrogen functional groups attached to an aromatic ring is 1. The Hall–Kier alpha value is -1.40. The van der Waals surface area contributed by atoms with E-state index in [1.54, 1.807) is 0 Å². The van der Waals surface area contributed by atoms with Gasteiger partial charge in [-0.05, 0) is 6.92 Å². The van der Waals surface area contributed by atoms with Crippen molar-refractivity contribution in [3.8, 4) is 0 Å². The molecule has 1 aliphatic heterocycles. The topological polar surface area (TPSA) is 82.3 Å². The van der Waals surface area contributed by atoms with Gasteiger partial charge in [0.2, 0.25) is 5.95 Å². The summed E-state index contributed by atoms with van der Waals surface area (Å²) in [6.07, 6.45) is 0.0743. The molecule has 2 rings (SSSR count). The van der Waals surface area contributed by atoms with Crippen molar-refractivity contribution in [3.05, 3.63) is 11.8 Å². The van der Waals surface area contributed by atoms with E-state index in [0.717, 1.165) is 11.5 Å². The number of hydrogen-bond donors (Lipinski definition) is 2. The Morgan fingerprint density at radius 2 is 2.38 bits per heavy atom. The van der Waals surface area contributed by atoms with Crippen LogP contribution < -0.4 is 11.1 Å². The van der Waals surface area contributed by atoms with E-state index in [0.29, 0.717) is 26.4 Å². The lowest BCUT2D eigenvalue weighted by atomic mass is 10.3. The van der Waals surface area contributed by atoms with Crippen LogP contribution >= 0.6 is 0 Å². The molecular weight excluding hydrogens is 208 g/mol. The maximum atomic E-state index is 5.55. The first-order chi connectivity index (χ1) is 7.74. The molecule has 0 aliphatic carbocycles. The summed E-state index contributed by atoms with van der Waals surface area (Å²) in [5, 5.41) is 3.16. The molecule has 6 heteroatoms. The van der Waals surface area contributed by atoms with Crippen LogP contribution in [0.5, 0.6) is 0 Å². The lowest BCUT2D eigenvalue weighted by molar-refractivity contribution is -0.0819. The second kappa shape index (κ2) is 5.09. The molecule has 3 N–H and O–H groups in total. The highest BCUT2D eigenvalue weighted by Crippen LogP contribution is 2.08. The van der Waals surface area contributed by atoms with Crippen LogP contribution in [-0.2, 0) is 9.47 Å². The number of nitrogens with one attached hydrogen (secondary N) is 1. The van der Waals surface area contributed by atoms with Gasteiger partial charge >= 0.3 is 0 Å². The monoisotopic (exact) mass is 224 g/mol. The van der Waals surface area contributed by atoms with Crippen molar-refractivity contribution < 1.29 is 9.47 Å². The lowest BCUT2D eigenvalue weighted by Gasteiger charge is -2.23. The van der Waals surface area contributed by atoms with Gasteiger partial charge in [0, 0.05) is 18.3 Å². The van der Waals surface area contributed by atoms with Crippen LogP contribution in [0.15, 0.2) is 6.07 Å². The number of anilines is 2. The normalized spacial score (nSPS) is 20.7. The van der Waals surface area contributed by atoms with Gasteiger partial charge in [0.25, 0.3) is 0 Å².